The van der Waals surface area contributed by atoms with Crippen molar-refractivity contribution in [1.29, 1.82) is 5.26 Å². The van der Waals surface area contributed by atoms with Gasteiger partial charge in [0.1, 0.15) is 5.41 Å². The van der Waals surface area contributed by atoms with Gasteiger partial charge in [-0.3, -0.25) is 4.79 Å². The van der Waals surface area contributed by atoms with Gasteiger partial charge in [-0.05, 0) is 57.4 Å². The number of hydrogen-bond donors (Lipinski definition) is 0. The standard InChI is InChI=1S/C14H17NO/c1-9-6-11(3)12(7-10(9)2)13(16)14(4,5)8-15/h6-7H,1-5H3. The number of hydrogen-bond acceptors (Lipinski definition) is 2. The molecule has 0 atom stereocenters. The molecular formula is C14H17NO. The maximum absolute atomic E-state index is 12.2. The summed E-state index contributed by atoms with van der Waals surface area (Å²) < 4.78 is 0. The highest BCUT2D eigenvalue weighted by Gasteiger charge is 2.29. The number of carbonyl (C=O) groups excluding carboxylic acids is 1. The first-order chi connectivity index (χ1) is 7.29. The molecule has 84 valence electrons. The molecule has 0 aromatic heterocycles. The number of ketones is 1. The topological polar surface area (TPSA) is 40.9 Å². The zero-order valence-corrected chi connectivity index (χ0v) is 10.5. The lowest BCUT2D eigenvalue weighted by Crippen LogP contribution is -2.23. The van der Waals surface area contributed by atoms with Crippen LogP contribution in [-0.4, -0.2) is 5.78 Å². The van der Waals surface area contributed by atoms with E-state index in [-0.39, 0.29) is 5.78 Å². The van der Waals surface area contributed by atoms with Crippen molar-refractivity contribution < 1.29 is 4.79 Å². The van der Waals surface area contributed by atoms with Crippen molar-refractivity contribution in [1.82, 2.24) is 0 Å². The predicted octanol–water partition coefficient (Wildman–Crippen LogP) is 3.34. The summed E-state index contributed by atoms with van der Waals surface area (Å²) in [6, 6.07) is 5.93. The smallest absolute Gasteiger partial charge is 0.182 e. The number of Topliss-reactive ketones (excluding diaryl/α,β-unsaturated/α-hetero) is 1. The van der Waals surface area contributed by atoms with Crippen molar-refractivity contribution >= 4 is 5.78 Å². The van der Waals surface area contributed by atoms with Gasteiger partial charge in [0.2, 0.25) is 0 Å². The quantitative estimate of drug-likeness (QED) is 0.710. The van der Waals surface area contributed by atoms with Gasteiger partial charge in [-0.2, -0.15) is 5.26 Å². The Morgan fingerprint density at radius 2 is 1.62 bits per heavy atom. The van der Waals surface area contributed by atoms with Crippen molar-refractivity contribution in [2.24, 2.45) is 5.41 Å². The molecule has 0 spiro atoms. The van der Waals surface area contributed by atoms with Crippen LogP contribution in [0.5, 0.6) is 0 Å². The van der Waals surface area contributed by atoms with Gasteiger partial charge in [0.15, 0.2) is 5.78 Å². The van der Waals surface area contributed by atoms with Gasteiger partial charge < -0.3 is 0 Å². The van der Waals surface area contributed by atoms with Crippen LogP contribution in [-0.2, 0) is 0 Å². The Morgan fingerprint density at radius 3 is 2.12 bits per heavy atom. The molecule has 0 aliphatic rings. The Morgan fingerprint density at radius 1 is 1.12 bits per heavy atom. The molecule has 16 heavy (non-hydrogen) atoms. The largest absolute Gasteiger partial charge is 0.292 e. The second-order valence-electron chi connectivity index (χ2n) is 4.82. The third kappa shape index (κ3) is 2.14. The Labute approximate surface area is 96.9 Å². The van der Waals surface area contributed by atoms with E-state index in [0.29, 0.717) is 5.56 Å². The summed E-state index contributed by atoms with van der Waals surface area (Å²) in [4.78, 5) is 12.2. The minimum absolute atomic E-state index is 0.101. The van der Waals surface area contributed by atoms with Crippen LogP contribution in [0.2, 0.25) is 0 Å². The molecule has 0 heterocycles. The van der Waals surface area contributed by atoms with Crippen molar-refractivity contribution in [3.8, 4) is 6.07 Å². The predicted molar refractivity (Wildman–Crippen MR) is 64.4 cm³/mol. The molecule has 0 amide bonds. The van der Waals surface area contributed by atoms with Crippen LogP contribution < -0.4 is 0 Å². The summed E-state index contributed by atoms with van der Waals surface area (Å²) in [5.74, 6) is -0.101. The minimum Gasteiger partial charge on any atom is -0.292 e. The lowest BCUT2D eigenvalue weighted by atomic mass is 9.83. The van der Waals surface area contributed by atoms with E-state index < -0.39 is 5.41 Å². The van der Waals surface area contributed by atoms with Crippen LogP contribution in [0.15, 0.2) is 12.1 Å². The maximum atomic E-state index is 12.2. The lowest BCUT2D eigenvalue weighted by Gasteiger charge is -2.16. The summed E-state index contributed by atoms with van der Waals surface area (Å²) in [7, 11) is 0. The molecule has 2 heteroatoms. The summed E-state index contributed by atoms with van der Waals surface area (Å²) in [5, 5.41) is 8.97. The third-order valence-corrected chi connectivity index (χ3v) is 2.93. The summed E-state index contributed by atoms with van der Waals surface area (Å²) in [6.45, 7) is 9.22. The fourth-order valence-electron chi connectivity index (χ4n) is 1.59. The van der Waals surface area contributed by atoms with Crippen LogP contribution in [0.1, 0.15) is 40.9 Å². The number of aryl methyl sites for hydroxylation is 3. The van der Waals surface area contributed by atoms with Crippen molar-refractivity contribution in [3.63, 3.8) is 0 Å². The van der Waals surface area contributed by atoms with E-state index in [1.807, 2.05) is 32.9 Å². The lowest BCUT2D eigenvalue weighted by molar-refractivity contribution is 0.0891. The molecule has 0 saturated carbocycles. The Balaban J connectivity index is 3.31. The van der Waals surface area contributed by atoms with Gasteiger partial charge in [-0.15, -0.1) is 0 Å². The van der Waals surface area contributed by atoms with E-state index in [4.69, 9.17) is 5.26 Å². The number of benzene rings is 1. The van der Waals surface area contributed by atoms with Crippen molar-refractivity contribution in [3.05, 3.63) is 34.4 Å². The molecule has 0 saturated heterocycles. The minimum atomic E-state index is -0.952. The molecule has 0 fully saturated rings. The highest BCUT2D eigenvalue weighted by molar-refractivity contribution is 6.03. The van der Waals surface area contributed by atoms with Gasteiger partial charge >= 0.3 is 0 Å². The van der Waals surface area contributed by atoms with Crippen molar-refractivity contribution in [2.45, 2.75) is 34.6 Å². The molecule has 0 aliphatic heterocycles. The molecule has 0 aliphatic carbocycles. The normalized spacial score (nSPS) is 11.0. The average Bonchev–Trinajstić information content (AvgIpc) is 2.22. The van der Waals surface area contributed by atoms with Gasteiger partial charge in [0, 0.05) is 5.56 Å². The molecule has 1 aromatic carbocycles. The summed E-state index contributed by atoms with van der Waals surface area (Å²) >= 11 is 0. The maximum Gasteiger partial charge on any atom is 0.182 e. The van der Waals surface area contributed by atoms with Crippen LogP contribution in [0.3, 0.4) is 0 Å². The first kappa shape index (κ1) is 12.4. The Bertz CT molecular complexity index is 478. The molecule has 2 nitrogen and oxygen atoms in total. The molecule has 1 rings (SSSR count). The molecule has 1 aromatic rings. The van der Waals surface area contributed by atoms with E-state index in [1.165, 1.54) is 5.56 Å². The highest BCUT2D eigenvalue weighted by Crippen LogP contribution is 2.25. The van der Waals surface area contributed by atoms with Crippen molar-refractivity contribution in [2.75, 3.05) is 0 Å². The highest BCUT2D eigenvalue weighted by atomic mass is 16.1. The number of nitriles is 1. The van der Waals surface area contributed by atoms with E-state index in [9.17, 15) is 4.79 Å². The van der Waals surface area contributed by atoms with Crippen LogP contribution in [0.4, 0.5) is 0 Å². The second kappa shape index (κ2) is 4.09. The van der Waals surface area contributed by atoms with Gasteiger partial charge in [-0.1, -0.05) is 6.07 Å². The van der Waals surface area contributed by atoms with E-state index in [0.717, 1.165) is 11.1 Å². The molecule has 0 N–H and O–H groups in total. The zero-order valence-electron chi connectivity index (χ0n) is 10.5. The van der Waals surface area contributed by atoms with Gasteiger partial charge in [-0.25, -0.2) is 0 Å². The van der Waals surface area contributed by atoms with Crippen LogP contribution >= 0.6 is 0 Å². The molecule has 0 radical (unpaired) electrons. The molecule has 0 bridgehead atoms. The summed E-state index contributed by atoms with van der Waals surface area (Å²) in [5.41, 5.74) is 2.91. The van der Waals surface area contributed by atoms with E-state index in [2.05, 4.69) is 6.07 Å². The monoisotopic (exact) mass is 215 g/mol. The zero-order chi connectivity index (χ0) is 12.5. The first-order valence-corrected chi connectivity index (χ1v) is 5.33. The van der Waals surface area contributed by atoms with Crippen LogP contribution in [0, 0.1) is 37.5 Å². The number of carbonyl (C=O) groups is 1. The number of nitrogens with zero attached hydrogens (tertiary/aromatic N) is 1. The second-order valence-corrected chi connectivity index (χ2v) is 4.82. The molecule has 0 unspecified atom stereocenters. The molecular weight excluding hydrogens is 198 g/mol. The fourth-order valence-corrected chi connectivity index (χ4v) is 1.59. The van der Waals surface area contributed by atoms with Gasteiger partial charge in [0.25, 0.3) is 0 Å². The Hall–Kier alpha value is -1.62. The number of rotatable bonds is 2. The average molecular weight is 215 g/mol. The first-order valence-electron chi connectivity index (χ1n) is 5.33. The fraction of sp³-hybridized carbons (Fsp3) is 0.429. The van der Waals surface area contributed by atoms with E-state index in [1.54, 1.807) is 13.8 Å². The van der Waals surface area contributed by atoms with Gasteiger partial charge in [0.05, 0.1) is 6.07 Å². The Kier molecular flexibility index (Phi) is 3.19. The van der Waals surface area contributed by atoms with E-state index >= 15 is 0 Å². The SMILES string of the molecule is Cc1cc(C)c(C(=O)C(C)(C)C#N)cc1C. The third-order valence-electron chi connectivity index (χ3n) is 2.93. The van der Waals surface area contributed by atoms with Crippen LogP contribution in [0.25, 0.3) is 0 Å². The summed E-state index contributed by atoms with van der Waals surface area (Å²) in [6.07, 6.45) is 0.